The van der Waals surface area contributed by atoms with Crippen LogP contribution in [0.5, 0.6) is 0 Å². The Balaban J connectivity index is 1.62. The Hall–Kier alpha value is -1.63. The second-order valence-electron chi connectivity index (χ2n) is 6.09. The summed E-state index contributed by atoms with van der Waals surface area (Å²) < 4.78 is 7.66. The zero-order valence-electron chi connectivity index (χ0n) is 13.7. The predicted molar refractivity (Wildman–Crippen MR) is 83.3 cm³/mol. The highest BCUT2D eigenvalue weighted by Crippen LogP contribution is 2.25. The van der Waals surface area contributed by atoms with Crippen molar-refractivity contribution in [3.63, 3.8) is 0 Å². The van der Waals surface area contributed by atoms with Gasteiger partial charge in [0.1, 0.15) is 6.33 Å². The van der Waals surface area contributed by atoms with E-state index in [9.17, 15) is 4.79 Å². The van der Waals surface area contributed by atoms with Crippen LogP contribution < -0.4 is 10.6 Å². The maximum Gasteiger partial charge on any atom is 0.315 e. The maximum absolute atomic E-state index is 11.8. The Labute approximate surface area is 131 Å². The molecule has 2 amide bonds. The number of nitrogens with one attached hydrogen (secondary N) is 2. The molecule has 22 heavy (non-hydrogen) atoms. The molecule has 2 rings (SSSR count). The van der Waals surface area contributed by atoms with E-state index in [1.807, 2.05) is 14.0 Å². The first-order valence-corrected chi connectivity index (χ1v) is 8.07. The highest BCUT2D eigenvalue weighted by atomic mass is 16.5. The van der Waals surface area contributed by atoms with E-state index >= 15 is 0 Å². The van der Waals surface area contributed by atoms with Crippen molar-refractivity contribution in [1.29, 1.82) is 0 Å². The van der Waals surface area contributed by atoms with E-state index in [2.05, 4.69) is 27.8 Å². The number of hydrogen-bond donors (Lipinski definition) is 2. The molecule has 3 atom stereocenters. The standard InChI is InChI=1S/C15H27N5O2/c1-11-6-4-5-7-13(11)22-9-8-16-15(21)18-12(2)14-19-17-10-20(14)3/h10-13H,4-9H2,1-3H3,(H2,16,18,21). The lowest BCUT2D eigenvalue weighted by Gasteiger charge is -2.28. The minimum absolute atomic E-state index is 0.188. The number of carbonyl (C=O) groups is 1. The summed E-state index contributed by atoms with van der Waals surface area (Å²) in [6.45, 7) is 5.19. The van der Waals surface area contributed by atoms with Crippen LogP contribution in [0.3, 0.4) is 0 Å². The van der Waals surface area contributed by atoms with Gasteiger partial charge in [-0.15, -0.1) is 10.2 Å². The molecule has 0 saturated heterocycles. The number of carbonyl (C=O) groups excluding carboxylic acids is 1. The van der Waals surface area contributed by atoms with Gasteiger partial charge in [-0.3, -0.25) is 0 Å². The summed E-state index contributed by atoms with van der Waals surface area (Å²) in [4.78, 5) is 11.8. The molecule has 7 nitrogen and oxygen atoms in total. The summed E-state index contributed by atoms with van der Waals surface area (Å²) in [5.74, 6) is 1.35. The summed E-state index contributed by atoms with van der Waals surface area (Å²) >= 11 is 0. The van der Waals surface area contributed by atoms with E-state index in [1.54, 1.807) is 10.9 Å². The largest absolute Gasteiger partial charge is 0.376 e. The fourth-order valence-corrected chi connectivity index (χ4v) is 2.90. The third-order valence-corrected chi connectivity index (χ3v) is 4.23. The van der Waals surface area contributed by atoms with Crippen molar-refractivity contribution >= 4 is 6.03 Å². The third-order valence-electron chi connectivity index (χ3n) is 4.23. The van der Waals surface area contributed by atoms with Crippen molar-refractivity contribution in [3.8, 4) is 0 Å². The molecule has 0 aliphatic heterocycles. The number of hydrogen-bond acceptors (Lipinski definition) is 4. The average Bonchev–Trinajstić information content (AvgIpc) is 2.91. The van der Waals surface area contributed by atoms with Gasteiger partial charge in [0.2, 0.25) is 0 Å². The van der Waals surface area contributed by atoms with E-state index in [0.29, 0.717) is 25.2 Å². The lowest BCUT2D eigenvalue weighted by atomic mass is 9.88. The maximum atomic E-state index is 11.8. The lowest BCUT2D eigenvalue weighted by Crippen LogP contribution is -2.40. The molecule has 1 aromatic rings. The summed E-state index contributed by atoms with van der Waals surface area (Å²) in [6, 6.07) is -0.400. The molecular formula is C15H27N5O2. The summed E-state index contributed by atoms with van der Waals surface area (Å²) in [6.07, 6.45) is 6.89. The van der Waals surface area contributed by atoms with Gasteiger partial charge in [0.25, 0.3) is 0 Å². The first-order chi connectivity index (χ1) is 10.6. The van der Waals surface area contributed by atoms with E-state index in [0.717, 1.165) is 12.2 Å². The predicted octanol–water partition coefficient (Wildman–Crippen LogP) is 1.77. The zero-order chi connectivity index (χ0) is 15.9. The highest BCUT2D eigenvalue weighted by Gasteiger charge is 2.21. The SMILES string of the molecule is CC(NC(=O)NCCOC1CCCCC1C)c1nncn1C. The number of amides is 2. The molecule has 1 fully saturated rings. The molecule has 1 aliphatic rings. The van der Waals surface area contributed by atoms with E-state index in [4.69, 9.17) is 4.74 Å². The molecule has 2 N–H and O–H groups in total. The minimum Gasteiger partial charge on any atom is -0.376 e. The van der Waals surface area contributed by atoms with Crippen LogP contribution in [0.2, 0.25) is 0 Å². The first-order valence-electron chi connectivity index (χ1n) is 8.07. The molecule has 0 radical (unpaired) electrons. The number of ether oxygens (including phenoxy) is 1. The summed E-state index contributed by atoms with van der Waals surface area (Å²) in [5.41, 5.74) is 0. The fourth-order valence-electron chi connectivity index (χ4n) is 2.90. The van der Waals surface area contributed by atoms with Crippen molar-refractivity contribution in [3.05, 3.63) is 12.2 Å². The van der Waals surface area contributed by atoms with Crippen molar-refractivity contribution in [2.24, 2.45) is 13.0 Å². The van der Waals surface area contributed by atoms with Crippen LogP contribution in [0, 0.1) is 5.92 Å². The average molecular weight is 309 g/mol. The second-order valence-corrected chi connectivity index (χ2v) is 6.09. The topological polar surface area (TPSA) is 81.1 Å². The molecule has 1 saturated carbocycles. The van der Waals surface area contributed by atoms with Gasteiger partial charge in [-0.05, 0) is 25.7 Å². The fraction of sp³-hybridized carbons (Fsp3) is 0.800. The Bertz CT molecular complexity index is 476. The van der Waals surface area contributed by atoms with Crippen LogP contribution in [-0.2, 0) is 11.8 Å². The normalized spacial score (nSPS) is 23.0. The molecular weight excluding hydrogens is 282 g/mol. The molecule has 1 aromatic heterocycles. The van der Waals surface area contributed by atoms with Crippen molar-refractivity contribution in [2.75, 3.05) is 13.2 Å². The lowest BCUT2D eigenvalue weighted by molar-refractivity contribution is -0.00244. The highest BCUT2D eigenvalue weighted by molar-refractivity contribution is 5.74. The van der Waals surface area contributed by atoms with E-state index in [1.165, 1.54) is 19.3 Å². The van der Waals surface area contributed by atoms with Crippen LogP contribution in [0.1, 0.15) is 51.4 Å². The summed E-state index contributed by atoms with van der Waals surface area (Å²) in [7, 11) is 1.85. The Morgan fingerprint density at radius 3 is 2.95 bits per heavy atom. The van der Waals surface area contributed by atoms with Gasteiger partial charge in [0.15, 0.2) is 5.82 Å². The molecule has 7 heteroatoms. The van der Waals surface area contributed by atoms with E-state index < -0.39 is 0 Å². The molecule has 0 spiro atoms. The quantitative estimate of drug-likeness (QED) is 0.785. The number of rotatable bonds is 6. The third kappa shape index (κ3) is 4.69. The molecule has 3 unspecified atom stereocenters. The van der Waals surface area contributed by atoms with Crippen LogP contribution >= 0.6 is 0 Å². The molecule has 0 aromatic carbocycles. The minimum atomic E-state index is -0.212. The van der Waals surface area contributed by atoms with Gasteiger partial charge in [-0.1, -0.05) is 19.8 Å². The molecule has 124 valence electrons. The second kappa shape index (κ2) is 8.12. The van der Waals surface area contributed by atoms with Crippen LogP contribution in [0.15, 0.2) is 6.33 Å². The van der Waals surface area contributed by atoms with Crippen LogP contribution in [0.25, 0.3) is 0 Å². The molecule has 0 bridgehead atoms. The van der Waals surface area contributed by atoms with Gasteiger partial charge in [0, 0.05) is 13.6 Å². The van der Waals surface area contributed by atoms with Crippen LogP contribution in [0.4, 0.5) is 4.79 Å². The van der Waals surface area contributed by atoms with Gasteiger partial charge in [0.05, 0.1) is 18.8 Å². The van der Waals surface area contributed by atoms with Gasteiger partial charge < -0.3 is 19.9 Å². The van der Waals surface area contributed by atoms with Crippen molar-refractivity contribution in [2.45, 2.75) is 51.7 Å². The Kier molecular flexibility index (Phi) is 6.18. The molecule has 1 heterocycles. The number of aromatic nitrogens is 3. The van der Waals surface area contributed by atoms with Crippen molar-refractivity contribution < 1.29 is 9.53 Å². The smallest absolute Gasteiger partial charge is 0.315 e. The van der Waals surface area contributed by atoms with E-state index in [-0.39, 0.29) is 12.1 Å². The van der Waals surface area contributed by atoms with Gasteiger partial charge in [-0.2, -0.15) is 0 Å². The number of urea groups is 1. The first kappa shape index (κ1) is 16.7. The Morgan fingerprint density at radius 2 is 2.27 bits per heavy atom. The zero-order valence-corrected chi connectivity index (χ0v) is 13.7. The monoisotopic (exact) mass is 309 g/mol. The molecule has 1 aliphatic carbocycles. The Morgan fingerprint density at radius 1 is 1.50 bits per heavy atom. The van der Waals surface area contributed by atoms with Crippen LogP contribution in [-0.4, -0.2) is 40.1 Å². The number of nitrogens with zero attached hydrogens (tertiary/aromatic N) is 3. The summed E-state index contributed by atoms with van der Waals surface area (Å²) in [5, 5.41) is 13.4. The van der Waals surface area contributed by atoms with Gasteiger partial charge in [-0.25, -0.2) is 4.79 Å². The number of aryl methyl sites for hydroxylation is 1. The van der Waals surface area contributed by atoms with Crippen molar-refractivity contribution in [1.82, 2.24) is 25.4 Å². The van der Waals surface area contributed by atoms with Gasteiger partial charge >= 0.3 is 6.03 Å².